The highest BCUT2D eigenvalue weighted by atomic mass is 19.2. The molecular weight excluding hydrogens is 319 g/mol. The number of carbonyl (C=O) groups is 1. The Kier molecular flexibility index (Phi) is 8.04. The van der Waals surface area contributed by atoms with Crippen molar-refractivity contribution in [1.29, 1.82) is 0 Å². The maximum absolute atomic E-state index is 13.6. The smallest absolute Gasteiger partial charge is 0.319 e. The van der Waals surface area contributed by atoms with E-state index in [0.29, 0.717) is 12.5 Å². The molecule has 0 saturated heterocycles. The van der Waals surface area contributed by atoms with E-state index in [-0.39, 0.29) is 6.04 Å². The summed E-state index contributed by atoms with van der Waals surface area (Å²) in [7, 11) is 0. The Bertz CT molecular complexity index is 548. The van der Waals surface area contributed by atoms with Crippen molar-refractivity contribution < 1.29 is 18.0 Å². The van der Waals surface area contributed by atoms with Crippen LogP contribution in [0, 0.1) is 23.4 Å². The van der Waals surface area contributed by atoms with Gasteiger partial charge >= 0.3 is 6.03 Å². The second kappa shape index (κ2) is 9.52. The van der Waals surface area contributed by atoms with Crippen LogP contribution in [0.5, 0.6) is 0 Å². The summed E-state index contributed by atoms with van der Waals surface area (Å²) in [5.74, 6) is -3.85. The summed E-state index contributed by atoms with van der Waals surface area (Å²) < 4.78 is 39.6. The van der Waals surface area contributed by atoms with E-state index >= 15 is 0 Å². The van der Waals surface area contributed by atoms with E-state index < -0.39 is 29.2 Å². The van der Waals surface area contributed by atoms with Crippen LogP contribution in [0.2, 0.25) is 0 Å². The molecule has 1 unspecified atom stereocenters. The Labute approximate surface area is 141 Å². The zero-order valence-corrected chi connectivity index (χ0v) is 14.6. The summed E-state index contributed by atoms with van der Waals surface area (Å²) in [4.78, 5) is 14.2. The van der Waals surface area contributed by atoms with Crippen LogP contribution in [-0.4, -0.2) is 36.6 Å². The van der Waals surface area contributed by atoms with Gasteiger partial charge in [0.15, 0.2) is 17.5 Å². The second-order valence-electron chi connectivity index (χ2n) is 6.06. The third-order valence-corrected chi connectivity index (χ3v) is 3.85. The van der Waals surface area contributed by atoms with Crippen LogP contribution >= 0.6 is 0 Å². The van der Waals surface area contributed by atoms with E-state index in [1.807, 2.05) is 13.8 Å². The van der Waals surface area contributed by atoms with E-state index in [1.54, 1.807) is 0 Å². The quantitative estimate of drug-likeness (QED) is 0.700. The number of urea groups is 1. The molecule has 0 aliphatic carbocycles. The van der Waals surface area contributed by atoms with Crippen LogP contribution in [0.25, 0.3) is 0 Å². The fourth-order valence-electron chi connectivity index (χ4n) is 2.65. The molecule has 0 spiro atoms. The van der Waals surface area contributed by atoms with Crippen LogP contribution in [0.1, 0.15) is 34.1 Å². The number of halogens is 3. The largest absolute Gasteiger partial charge is 0.336 e. The van der Waals surface area contributed by atoms with Gasteiger partial charge in [0.05, 0.1) is 5.69 Å². The molecule has 136 valence electrons. The van der Waals surface area contributed by atoms with Crippen molar-refractivity contribution in [3.63, 3.8) is 0 Å². The van der Waals surface area contributed by atoms with E-state index in [1.165, 1.54) is 0 Å². The van der Waals surface area contributed by atoms with Gasteiger partial charge in [-0.3, -0.25) is 4.90 Å². The lowest BCUT2D eigenvalue weighted by Crippen LogP contribution is -2.45. The third-order valence-electron chi connectivity index (χ3n) is 3.85. The number of hydrogen-bond donors (Lipinski definition) is 2. The number of nitrogens with one attached hydrogen (secondary N) is 2. The Morgan fingerprint density at radius 2 is 1.75 bits per heavy atom. The van der Waals surface area contributed by atoms with Gasteiger partial charge in [-0.2, -0.15) is 0 Å². The highest BCUT2D eigenvalue weighted by Crippen LogP contribution is 2.19. The molecule has 1 aromatic carbocycles. The summed E-state index contributed by atoms with van der Waals surface area (Å²) in [6, 6.07) is 1.26. The predicted octanol–water partition coefficient (Wildman–Crippen LogP) is 3.98. The molecule has 1 atom stereocenters. The van der Waals surface area contributed by atoms with Gasteiger partial charge in [0.25, 0.3) is 0 Å². The highest BCUT2D eigenvalue weighted by molar-refractivity contribution is 5.89. The van der Waals surface area contributed by atoms with Crippen LogP contribution in [0.15, 0.2) is 12.1 Å². The topological polar surface area (TPSA) is 44.4 Å². The summed E-state index contributed by atoms with van der Waals surface area (Å²) in [6.07, 6.45) is 0.904. The lowest BCUT2D eigenvalue weighted by molar-refractivity contribution is 0.186. The van der Waals surface area contributed by atoms with E-state index in [2.05, 4.69) is 29.4 Å². The normalized spacial score (nSPS) is 12.5. The number of amides is 2. The molecule has 0 bridgehead atoms. The number of nitrogens with zero attached hydrogens (tertiary/aromatic N) is 1. The lowest BCUT2D eigenvalue weighted by Gasteiger charge is -2.31. The summed E-state index contributed by atoms with van der Waals surface area (Å²) in [6.45, 7) is 10.4. The molecular formula is C17H26F3N3O. The first-order valence-electron chi connectivity index (χ1n) is 8.22. The van der Waals surface area contributed by atoms with E-state index in [0.717, 1.165) is 31.6 Å². The summed E-state index contributed by atoms with van der Waals surface area (Å²) in [5, 5.41) is 4.88. The SMILES string of the molecule is CCN(CC)C(CNC(=O)Nc1ccc(F)c(F)c1F)CC(C)C. The van der Waals surface area contributed by atoms with Crippen molar-refractivity contribution >= 4 is 11.7 Å². The fraction of sp³-hybridized carbons (Fsp3) is 0.588. The molecule has 0 aliphatic heterocycles. The van der Waals surface area contributed by atoms with Gasteiger partial charge in [-0.15, -0.1) is 0 Å². The highest BCUT2D eigenvalue weighted by Gasteiger charge is 2.19. The average molecular weight is 345 g/mol. The molecule has 0 saturated carbocycles. The van der Waals surface area contributed by atoms with Gasteiger partial charge in [0.2, 0.25) is 0 Å². The first kappa shape index (κ1) is 20.3. The molecule has 2 N–H and O–H groups in total. The van der Waals surface area contributed by atoms with Gasteiger partial charge in [-0.25, -0.2) is 18.0 Å². The van der Waals surface area contributed by atoms with Crippen LogP contribution in [-0.2, 0) is 0 Å². The molecule has 0 radical (unpaired) electrons. The van der Waals surface area contributed by atoms with Crippen molar-refractivity contribution in [3.8, 4) is 0 Å². The maximum Gasteiger partial charge on any atom is 0.319 e. The maximum atomic E-state index is 13.6. The first-order chi connectivity index (χ1) is 11.3. The zero-order chi connectivity index (χ0) is 18.3. The van der Waals surface area contributed by atoms with Crippen molar-refractivity contribution in [2.75, 3.05) is 25.0 Å². The average Bonchev–Trinajstić information content (AvgIpc) is 2.53. The Morgan fingerprint density at radius 1 is 1.12 bits per heavy atom. The Balaban J connectivity index is 2.67. The summed E-state index contributed by atoms with van der Waals surface area (Å²) >= 11 is 0. The molecule has 0 heterocycles. The number of carbonyl (C=O) groups excluding carboxylic acids is 1. The molecule has 7 heteroatoms. The molecule has 0 fully saturated rings. The fourth-order valence-corrected chi connectivity index (χ4v) is 2.65. The van der Waals surface area contributed by atoms with Gasteiger partial charge in [0.1, 0.15) is 0 Å². The molecule has 1 aromatic rings. The second-order valence-corrected chi connectivity index (χ2v) is 6.06. The zero-order valence-electron chi connectivity index (χ0n) is 14.6. The van der Waals surface area contributed by atoms with Crippen LogP contribution in [0.4, 0.5) is 23.7 Å². The number of rotatable bonds is 8. The van der Waals surface area contributed by atoms with Crippen molar-refractivity contribution in [2.45, 2.75) is 40.2 Å². The van der Waals surface area contributed by atoms with Crippen LogP contribution in [0.3, 0.4) is 0 Å². The van der Waals surface area contributed by atoms with Crippen molar-refractivity contribution in [3.05, 3.63) is 29.6 Å². The molecule has 0 aromatic heterocycles. The van der Waals surface area contributed by atoms with Crippen molar-refractivity contribution in [1.82, 2.24) is 10.2 Å². The molecule has 2 amide bonds. The minimum Gasteiger partial charge on any atom is -0.336 e. The minimum atomic E-state index is -1.60. The minimum absolute atomic E-state index is 0.153. The number of anilines is 1. The molecule has 4 nitrogen and oxygen atoms in total. The number of hydrogen-bond acceptors (Lipinski definition) is 2. The first-order valence-corrected chi connectivity index (χ1v) is 8.22. The lowest BCUT2D eigenvalue weighted by atomic mass is 10.0. The Morgan fingerprint density at radius 3 is 2.29 bits per heavy atom. The van der Waals surface area contributed by atoms with Gasteiger partial charge in [0, 0.05) is 12.6 Å². The standard InChI is InChI=1S/C17H26F3N3O/c1-5-23(6-2)12(9-11(3)4)10-21-17(24)22-14-8-7-13(18)15(19)16(14)20/h7-8,11-12H,5-6,9-10H2,1-4H3,(H2,21,22,24). The molecule has 0 aliphatic rings. The molecule has 24 heavy (non-hydrogen) atoms. The van der Waals surface area contributed by atoms with E-state index in [4.69, 9.17) is 0 Å². The Hall–Kier alpha value is -1.76. The third kappa shape index (κ3) is 5.70. The van der Waals surface area contributed by atoms with Gasteiger partial charge < -0.3 is 10.6 Å². The van der Waals surface area contributed by atoms with Gasteiger partial charge in [-0.05, 0) is 37.6 Å². The summed E-state index contributed by atoms with van der Waals surface area (Å²) in [5.41, 5.74) is -0.394. The monoisotopic (exact) mass is 345 g/mol. The van der Waals surface area contributed by atoms with E-state index in [9.17, 15) is 18.0 Å². The predicted molar refractivity (Wildman–Crippen MR) is 89.5 cm³/mol. The number of benzene rings is 1. The van der Waals surface area contributed by atoms with Crippen LogP contribution < -0.4 is 10.6 Å². The number of likely N-dealkylation sites (N-methyl/N-ethyl adjacent to an activating group) is 1. The molecule has 1 rings (SSSR count). The van der Waals surface area contributed by atoms with Gasteiger partial charge in [-0.1, -0.05) is 27.7 Å². The van der Waals surface area contributed by atoms with Crippen molar-refractivity contribution in [2.24, 2.45) is 5.92 Å².